The van der Waals surface area contributed by atoms with E-state index in [2.05, 4.69) is 15.9 Å². The topological polar surface area (TPSA) is 66.8 Å². The van der Waals surface area contributed by atoms with E-state index in [0.717, 1.165) is 35.7 Å². The number of carbonyl (C=O) groups excluding carboxylic acids is 2. The van der Waals surface area contributed by atoms with Crippen LogP contribution in [0, 0.1) is 6.92 Å². The zero-order valence-electron chi connectivity index (χ0n) is 17.0. The van der Waals surface area contributed by atoms with Gasteiger partial charge in [0.2, 0.25) is 0 Å². The molecular weight excluding hydrogens is 446 g/mol. The smallest absolute Gasteiger partial charge is 0.295 e. The maximum Gasteiger partial charge on any atom is 0.295 e. The van der Waals surface area contributed by atoms with Crippen molar-refractivity contribution in [3.63, 3.8) is 0 Å². The minimum atomic E-state index is -0.673. The van der Waals surface area contributed by atoms with Gasteiger partial charge in [0, 0.05) is 21.6 Å². The molecule has 1 amide bonds. The Morgan fingerprint density at radius 3 is 2.50 bits per heavy atom. The monoisotopic (exact) mass is 469 g/mol. The fourth-order valence-corrected chi connectivity index (χ4v) is 4.80. The molecule has 1 saturated carbocycles. The first-order chi connectivity index (χ1) is 14.4. The summed E-state index contributed by atoms with van der Waals surface area (Å²) in [6.07, 6.45) is 3.77. The Hall–Kier alpha value is -2.60. The van der Waals surface area contributed by atoms with Crippen molar-refractivity contribution in [3.8, 4) is 5.75 Å². The fourth-order valence-electron chi connectivity index (χ4n) is 4.55. The van der Waals surface area contributed by atoms with Crippen molar-refractivity contribution in [1.82, 2.24) is 4.90 Å². The van der Waals surface area contributed by atoms with Gasteiger partial charge in [0.15, 0.2) is 0 Å². The summed E-state index contributed by atoms with van der Waals surface area (Å²) >= 11 is 3.46. The van der Waals surface area contributed by atoms with Crippen molar-refractivity contribution < 1.29 is 19.4 Å². The van der Waals surface area contributed by atoms with Gasteiger partial charge in [-0.2, -0.15) is 0 Å². The predicted octanol–water partition coefficient (Wildman–Crippen LogP) is 5.13. The van der Waals surface area contributed by atoms with Crippen molar-refractivity contribution in [2.24, 2.45) is 0 Å². The first-order valence-electron chi connectivity index (χ1n) is 10.1. The first kappa shape index (κ1) is 20.7. The van der Waals surface area contributed by atoms with Crippen LogP contribution in [0.4, 0.5) is 0 Å². The molecule has 2 fully saturated rings. The number of para-hydroxylation sites is 1. The van der Waals surface area contributed by atoms with E-state index in [0.29, 0.717) is 16.9 Å². The van der Waals surface area contributed by atoms with E-state index in [1.54, 1.807) is 18.1 Å². The van der Waals surface area contributed by atoms with Crippen LogP contribution in [0.3, 0.4) is 0 Å². The summed E-state index contributed by atoms with van der Waals surface area (Å²) in [5.41, 5.74) is 2.28. The molecule has 1 heterocycles. The van der Waals surface area contributed by atoms with Gasteiger partial charge in [-0.1, -0.05) is 53.0 Å². The average Bonchev–Trinajstić information content (AvgIpc) is 3.36. The summed E-state index contributed by atoms with van der Waals surface area (Å²) < 4.78 is 6.46. The predicted molar refractivity (Wildman–Crippen MR) is 118 cm³/mol. The molecule has 1 N–H and O–H groups in total. The summed E-state index contributed by atoms with van der Waals surface area (Å²) in [5, 5.41) is 11.2. The SMILES string of the molecule is COc1ccccc1C1/C(=C(\O)c2ccc(Br)c(C)c2)C(=O)C(=O)N1C1CCCC1. The second-order valence-corrected chi connectivity index (χ2v) is 8.70. The zero-order chi connectivity index (χ0) is 21.4. The summed E-state index contributed by atoms with van der Waals surface area (Å²) in [7, 11) is 1.57. The molecule has 0 aromatic heterocycles. The van der Waals surface area contributed by atoms with Gasteiger partial charge in [-0.05, 0) is 43.5 Å². The van der Waals surface area contributed by atoms with Crippen molar-refractivity contribution in [3.05, 3.63) is 69.2 Å². The summed E-state index contributed by atoms with van der Waals surface area (Å²) in [6.45, 7) is 1.91. The third-order valence-corrected chi connectivity index (χ3v) is 6.95. The number of hydrogen-bond donors (Lipinski definition) is 1. The minimum Gasteiger partial charge on any atom is -0.507 e. The number of likely N-dealkylation sites (tertiary alicyclic amines) is 1. The molecule has 0 bridgehead atoms. The number of Topliss-reactive ketones (excluding diaryl/α,β-unsaturated/α-hetero) is 1. The number of aliphatic hydroxyl groups excluding tert-OH is 1. The van der Waals surface area contributed by atoms with Crippen LogP contribution in [0.1, 0.15) is 48.4 Å². The van der Waals surface area contributed by atoms with Crippen LogP contribution in [-0.4, -0.2) is 34.8 Å². The largest absolute Gasteiger partial charge is 0.507 e. The van der Waals surface area contributed by atoms with Crippen molar-refractivity contribution >= 4 is 33.4 Å². The number of ketones is 1. The summed E-state index contributed by atoms with van der Waals surface area (Å²) in [6, 6.07) is 12.1. The molecule has 4 rings (SSSR count). The molecule has 1 aliphatic carbocycles. The Kier molecular flexibility index (Phi) is 5.69. The number of rotatable bonds is 4. The number of aryl methyl sites for hydroxylation is 1. The number of methoxy groups -OCH3 is 1. The lowest BCUT2D eigenvalue weighted by Gasteiger charge is -2.31. The number of aliphatic hydroxyl groups is 1. The van der Waals surface area contributed by atoms with Crippen LogP contribution in [0.15, 0.2) is 52.5 Å². The van der Waals surface area contributed by atoms with Crippen LogP contribution in [0.2, 0.25) is 0 Å². The molecule has 30 heavy (non-hydrogen) atoms. The van der Waals surface area contributed by atoms with Gasteiger partial charge < -0.3 is 14.7 Å². The Morgan fingerprint density at radius 2 is 1.83 bits per heavy atom. The van der Waals surface area contributed by atoms with Gasteiger partial charge in [0.25, 0.3) is 11.7 Å². The number of hydrogen-bond acceptors (Lipinski definition) is 4. The highest BCUT2D eigenvalue weighted by molar-refractivity contribution is 9.10. The Bertz CT molecular complexity index is 1040. The van der Waals surface area contributed by atoms with Crippen molar-refractivity contribution in [1.29, 1.82) is 0 Å². The van der Waals surface area contributed by atoms with E-state index in [4.69, 9.17) is 4.74 Å². The van der Waals surface area contributed by atoms with Gasteiger partial charge in [0.05, 0.1) is 18.7 Å². The van der Waals surface area contributed by atoms with E-state index in [1.807, 2.05) is 43.3 Å². The van der Waals surface area contributed by atoms with Gasteiger partial charge in [-0.25, -0.2) is 0 Å². The number of benzene rings is 2. The van der Waals surface area contributed by atoms with E-state index in [9.17, 15) is 14.7 Å². The highest BCUT2D eigenvalue weighted by Crippen LogP contribution is 2.45. The lowest BCUT2D eigenvalue weighted by molar-refractivity contribution is -0.141. The van der Waals surface area contributed by atoms with E-state index < -0.39 is 17.7 Å². The molecule has 0 radical (unpaired) electrons. The molecular formula is C24H24BrNO4. The number of amides is 1. The number of ether oxygens (including phenoxy) is 1. The van der Waals surface area contributed by atoms with Crippen LogP contribution >= 0.6 is 15.9 Å². The van der Waals surface area contributed by atoms with Crippen LogP contribution < -0.4 is 4.74 Å². The van der Waals surface area contributed by atoms with E-state index >= 15 is 0 Å². The summed E-state index contributed by atoms with van der Waals surface area (Å²) in [5.74, 6) is -0.755. The molecule has 156 valence electrons. The van der Waals surface area contributed by atoms with Crippen molar-refractivity contribution in [2.45, 2.75) is 44.7 Å². The van der Waals surface area contributed by atoms with Gasteiger partial charge >= 0.3 is 0 Å². The lowest BCUT2D eigenvalue weighted by atomic mass is 9.93. The van der Waals surface area contributed by atoms with Crippen molar-refractivity contribution in [2.75, 3.05) is 7.11 Å². The van der Waals surface area contributed by atoms with Crippen LogP contribution in [0.25, 0.3) is 5.76 Å². The normalized spacial score (nSPS) is 21.4. The summed E-state index contributed by atoms with van der Waals surface area (Å²) in [4.78, 5) is 28.0. The maximum absolute atomic E-state index is 13.2. The lowest BCUT2D eigenvalue weighted by Crippen LogP contribution is -2.37. The standard InChI is InChI=1S/C24H24BrNO4/c1-14-13-15(11-12-18(14)25)22(27)20-21(17-9-5-6-10-19(17)30-2)26(24(29)23(20)28)16-7-3-4-8-16/h5-6,9-13,16,21,27H,3-4,7-8H2,1-2H3/b22-20+. The van der Waals surface area contributed by atoms with Crippen LogP contribution in [0.5, 0.6) is 5.75 Å². The highest BCUT2D eigenvalue weighted by atomic mass is 79.9. The molecule has 2 aliphatic rings. The molecule has 5 nitrogen and oxygen atoms in total. The quantitative estimate of drug-likeness (QED) is 0.382. The van der Waals surface area contributed by atoms with E-state index in [-0.39, 0.29) is 17.4 Å². The molecule has 0 spiro atoms. The molecule has 1 unspecified atom stereocenters. The second-order valence-electron chi connectivity index (χ2n) is 7.85. The van der Waals surface area contributed by atoms with Gasteiger partial charge in [-0.3, -0.25) is 9.59 Å². The highest BCUT2D eigenvalue weighted by Gasteiger charge is 2.50. The minimum absolute atomic E-state index is 0.0201. The maximum atomic E-state index is 13.2. The molecule has 6 heteroatoms. The molecule has 2 aromatic carbocycles. The third kappa shape index (κ3) is 3.43. The number of carbonyl (C=O) groups is 2. The zero-order valence-corrected chi connectivity index (χ0v) is 18.6. The Balaban J connectivity index is 1.93. The fraction of sp³-hybridized carbons (Fsp3) is 0.333. The molecule has 1 atom stereocenters. The third-order valence-electron chi connectivity index (χ3n) is 6.06. The molecule has 1 aliphatic heterocycles. The second kappa shape index (κ2) is 8.26. The molecule has 2 aromatic rings. The van der Waals surface area contributed by atoms with Gasteiger partial charge in [0.1, 0.15) is 11.5 Å². The number of halogens is 1. The first-order valence-corrected chi connectivity index (χ1v) is 10.9. The average molecular weight is 470 g/mol. The molecule has 1 saturated heterocycles. The number of nitrogens with zero attached hydrogens (tertiary/aromatic N) is 1. The van der Waals surface area contributed by atoms with Crippen LogP contribution in [-0.2, 0) is 9.59 Å². The Labute approximate surface area is 184 Å². The van der Waals surface area contributed by atoms with Gasteiger partial charge in [-0.15, -0.1) is 0 Å². The van der Waals surface area contributed by atoms with E-state index in [1.165, 1.54) is 0 Å². The Morgan fingerprint density at radius 1 is 1.13 bits per heavy atom.